The van der Waals surface area contributed by atoms with Crippen molar-refractivity contribution in [3.8, 4) is 6.07 Å². The molecule has 0 bridgehead atoms. The van der Waals surface area contributed by atoms with Gasteiger partial charge in [0.05, 0.1) is 11.6 Å². The topological polar surface area (TPSA) is 35.8 Å². The van der Waals surface area contributed by atoms with Gasteiger partial charge in [0.1, 0.15) is 0 Å². The van der Waals surface area contributed by atoms with Gasteiger partial charge in [-0.05, 0) is 48.9 Å². The molecule has 0 aliphatic heterocycles. The molecule has 0 aliphatic carbocycles. The summed E-state index contributed by atoms with van der Waals surface area (Å²) >= 11 is 3.43. The molecule has 0 aliphatic rings. The Hall–Kier alpha value is -1.79. The summed E-state index contributed by atoms with van der Waals surface area (Å²) in [7, 11) is 0. The Balaban J connectivity index is 2.25. The highest BCUT2D eigenvalue weighted by atomic mass is 79.9. The van der Waals surface area contributed by atoms with Crippen molar-refractivity contribution >= 4 is 27.3 Å². The standard InChI is InChI=1S/C14H11BrN2/c1-10-7-14(6-5-11(10)9-16)17-13-4-2-3-12(15)8-13/h2-8,17H,1H3. The zero-order valence-electron chi connectivity index (χ0n) is 9.37. The first kappa shape index (κ1) is 11.7. The van der Waals surface area contributed by atoms with Crippen LogP contribution in [0.5, 0.6) is 0 Å². The van der Waals surface area contributed by atoms with Crippen molar-refractivity contribution in [1.29, 1.82) is 5.26 Å². The molecule has 2 nitrogen and oxygen atoms in total. The lowest BCUT2D eigenvalue weighted by molar-refractivity contribution is 1.38. The molecule has 2 aromatic carbocycles. The molecule has 1 N–H and O–H groups in total. The van der Waals surface area contributed by atoms with E-state index in [9.17, 15) is 0 Å². The summed E-state index contributed by atoms with van der Waals surface area (Å²) in [6, 6.07) is 15.8. The molecule has 0 radical (unpaired) electrons. The maximum atomic E-state index is 8.86. The maximum absolute atomic E-state index is 8.86. The van der Waals surface area contributed by atoms with Crippen LogP contribution in [0.3, 0.4) is 0 Å². The summed E-state index contributed by atoms with van der Waals surface area (Å²) in [5.74, 6) is 0. The van der Waals surface area contributed by atoms with Crippen molar-refractivity contribution in [1.82, 2.24) is 0 Å². The number of rotatable bonds is 2. The number of anilines is 2. The number of nitrogens with one attached hydrogen (secondary N) is 1. The average molecular weight is 287 g/mol. The monoisotopic (exact) mass is 286 g/mol. The first-order chi connectivity index (χ1) is 8.19. The third kappa shape index (κ3) is 2.86. The summed E-state index contributed by atoms with van der Waals surface area (Å²) in [5, 5.41) is 12.2. The van der Waals surface area contributed by atoms with Crippen molar-refractivity contribution in [3.05, 3.63) is 58.1 Å². The van der Waals surface area contributed by atoms with E-state index in [1.165, 1.54) is 0 Å². The van der Waals surface area contributed by atoms with Crippen LogP contribution in [-0.4, -0.2) is 0 Å². The van der Waals surface area contributed by atoms with Crippen LogP contribution in [0, 0.1) is 18.3 Å². The lowest BCUT2D eigenvalue weighted by Crippen LogP contribution is -1.92. The maximum Gasteiger partial charge on any atom is 0.0994 e. The molecule has 0 unspecified atom stereocenters. The summed E-state index contributed by atoms with van der Waals surface area (Å²) < 4.78 is 1.04. The van der Waals surface area contributed by atoms with E-state index in [1.807, 2.05) is 49.4 Å². The van der Waals surface area contributed by atoms with E-state index in [0.717, 1.165) is 21.4 Å². The quantitative estimate of drug-likeness (QED) is 0.890. The minimum Gasteiger partial charge on any atom is -0.355 e. The summed E-state index contributed by atoms with van der Waals surface area (Å²) in [6.45, 7) is 1.94. The van der Waals surface area contributed by atoms with E-state index in [-0.39, 0.29) is 0 Å². The molecular formula is C14H11BrN2. The third-order valence-electron chi connectivity index (χ3n) is 2.46. The summed E-state index contributed by atoms with van der Waals surface area (Å²) in [5.41, 5.74) is 3.69. The fourth-order valence-corrected chi connectivity index (χ4v) is 2.00. The zero-order chi connectivity index (χ0) is 12.3. The second kappa shape index (κ2) is 5.03. The molecule has 84 valence electrons. The molecule has 0 amide bonds. The SMILES string of the molecule is Cc1cc(Nc2cccc(Br)c2)ccc1C#N. The van der Waals surface area contributed by atoms with Crippen LogP contribution in [0.4, 0.5) is 11.4 Å². The van der Waals surface area contributed by atoms with E-state index in [0.29, 0.717) is 5.56 Å². The number of hydrogen-bond donors (Lipinski definition) is 1. The van der Waals surface area contributed by atoms with Crippen LogP contribution in [0.25, 0.3) is 0 Å². The van der Waals surface area contributed by atoms with E-state index >= 15 is 0 Å². The van der Waals surface area contributed by atoms with Gasteiger partial charge in [0.15, 0.2) is 0 Å². The Morgan fingerprint density at radius 3 is 2.53 bits per heavy atom. The van der Waals surface area contributed by atoms with Crippen molar-refractivity contribution in [2.45, 2.75) is 6.92 Å². The molecule has 2 aromatic rings. The second-order valence-corrected chi connectivity index (χ2v) is 4.69. The summed E-state index contributed by atoms with van der Waals surface area (Å²) in [6.07, 6.45) is 0. The van der Waals surface area contributed by atoms with Crippen LogP contribution in [0.1, 0.15) is 11.1 Å². The zero-order valence-corrected chi connectivity index (χ0v) is 11.0. The van der Waals surface area contributed by atoms with Gasteiger partial charge in [-0.2, -0.15) is 5.26 Å². The van der Waals surface area contributed by atoms with Gasteiger partial charge in [0, 0.05) is 15.8 Å². The molecule has 0 saturated carbocycles. The van der Waals surface area contributed by atoms with Gasteiger partial charge in [0.2, 0.25) is 0 Å². The molecule has 17 heavy (non-hydrogen) atoms. The molecule has 0 atom stereocenters. The smallest absolute Gasteiger partial charge is 0.0994 e. The predicted molar refractivity (Wildman–Crippen MR) is 73.3 cm³/mol. The van der Waals surface area contributed by atoms with Gasteiger partial charge in [-0.3, -0.25) is 0 Å². The number of nitrogens with zero attached hydrogens (tertiary/aromatic N) is 1. The van der Waals surface area contributed by atoms with Crippen molar-refractivity contribution in [2.24, 2.45) is 0 Å². The van der Waals surface area contributed by atoms with Gasteiger partial charge in [-0.25, -0.2) is 0 Å². The minimum absolute atomic E-state index is 0.713. The number of aryl methyl sites for hydroxylation is 1. The molecule has 3 heteroatoms. The van der Waals surface area contributed by atoms with E-state index in [2.05, 4.69) is 27.3 Å². The first-order valence-corrected chi connectivity index (χ1v) is 6.01. The van der Waals surface area contributed by atoms with Gasteiger partial charge in [-0.15, -0.1) is 0 Å². The molecule has 0 fully saturated rings. The molecular weight excluding hydrogens is 276 g/mol. The normalized spacial score (nSPS) is 9.71. The van der Waals surface area contributed by atoms with Crippen LogP contribution < -0.4 is 5.32 Å². The minimum atomic E-state index is 0.713. The highest BCUT2D eigenvalue weighted by Gasteiger charge is 2.00. The van der Waals surface area contributed by atoms with Gasteiger partial charge < -0.3 is 5.32 Å². The fraction of sp³-hybridized carbons (Fsp3) is 0.0714. The average Bonchev–Trinajstić information content (AvgIpc) is 2.29. The fourth-order valence-electron chi connectivity index (χ4n) is 1.60. The first-order valence-electron chi connectivity index (χ1n) is 5.22. The van der Waals surface area contributed by atoms with E-state index in [4.69, 9.17) is 5.26 Å². The van der Waals surface area contributed by atoms with Gasteiger partial charge in [-0.1, -0.05) is 22.0 Å². The van der Waals surface area contributed by atoms with Crippen molar-refractivity contribution in [3.63, 3.8) is 0 Å². The van der Waals surface area contributed by atoms with E-state index < -0.39 is 0 Å². The van der Waals surface area contributed by atoms with Gasteiger partial charge >= 0.3 is 0 Å². The molecule has 2 rings (SSSR count). The highest BCUT2D eigenvalue weighted by Crippen LogP contribution is 2.22. The lowest BCUT2D eigenvalue weighted by Gasteiger charge is -2.08. The largest absolute Gasteiger partial charge is 0.355 e. The van der Waals surface area contributed by atoms with Gasteiger partial charge in [0.25, 0.3) is 0 Å². The Morgan fingerprint density at radius 2 is 1.88 bits per heavy atom. The number of halogens is 1. The Labute approximate surface area is 109 Å². The Morgan fingerprint density at radius 1 is 1.12 bits per heavy atom. The van der Waals surface area contributed by atoms with Crippen molar-refractivity contribution < 1.29 is 0 Å². The molecule has 0 spiro atoms. The third-order valence-corrected chi connectivity index (χ3v) is 2.95. The van der Waals surface area contributed by atoms with Crippen LogP contribution >= 0.6 is 15.9 Å². The molecule has 0 saturated heterocycles. The number of hydrogen-bond acceptors (Lipinski definition) is 2. The van der Waals surface area contributed by atoms with Crippen LogP contribution in [0.15, 0.2) is 46.9 Å². The highest BCUT2D eigenvalue weighted by molar-refractivity contribution is 9.10. The molecule has 0 heterocycles. The van der Waals surface area contributed by atoms with Crippen LogP contribution in [-0.2, 0) is 0 Å². The molecule has 0 aromatic heterocycles. The van der Waals surface area contributed by atoms with Crippen LogP contribution in [0.2, 0.25) is 0 Å². The second-order valence-electron chi connectivity index (χ2n) is 3.78. The predicted octanol–water partition coefficient (Wildman–Crippen LogP) is 4.37. The lowest BCUT2D eigenvalue weighted by atomic mass is 10.1. The van der Waals surface area contributed by atoms with E-state index in [1.54, 1.807) is 0 Å². The number of benzene rings is 2. The Kier molecular flexibility index (Phi) is 3.46. The summed E-state index contributed by atoms with van der Waals surface area (Å²) in [4.78, 5) is 0. The number of nitriles is 1. The Bertz CT molecular complexity index is 585. The van der Waals surface area contributed by atoms with Crippen molar-refractivity contribution in [2.75, 3.05) is 5.32 Å².